The lowest BCUT2D eigenvalue weighted by atomic mass is 10.1. The van der Waals surface area contributed by atoms with Crippen LogP contribution < -0.4 is 10.6 Å². The zero-order valence-corrected chi connectivity index (χ0v) is 8.95. The van der Waals surface area contributed by atoms with Crippen molar-refractivity contribution in [2.45, 2.75) is 19.8 Å². The van der Waals surface area contributed by atoms with Gasteiger partial charge in [0.25, 0.3) is 0 Å². The molecule has 2 unspecified atom stereocenters. The Morgan fingerprint density at radius 2 is 2.33 bits per heavy atom. The largest absolute Gasteiger partial charge is 0.481 e. The summed E-state index contributed by atoms with van der Waals surface area (Å²) in [6, 6.07) is 0. The van der Waals surface area contributed by atoms with Gasteiger partial charge in [0.15, 0.2) is 0 Å². The molecule has 1 fully saturated rings. The molecule has 5 nitrogen and oxygen atoms in total. The van der Waals surface area contributed by atoms with E-state index in [0.717, 1.165) is 13.0 Å². The Bertz CT molecular complexity index is 237. The highest BCUT2D eigenvalue weighted by molar-refractivity contribution is 5.80. The van der Waals surface area contributed by atoms with Gasteiger partial charge in [-0.25, -0.2) is 0 Å². The van der Waals surface area contributed by atoms with Crippen molar-refractivity contribution >= 4 is 11.9 Å². The van der Waals surface area contributed by atoms with Crippen molar-refractivity contribution in [3.63, 3.8) is 0 Å². The molecule has 86 valence electrons. The molecule has 0 aromatic heterocycles. The Morgan fingerprint density at radius 1 is 1.60 bits per heavy atom. The molecule has 0 saturated carbocycles. The number of rotatable bonds is 5. The van der Waals surface area contributed by atoms with Crippen LogP contribution in [0, 0.1) is 11.8 Å². The molecule has 0 radical (unpaired) electrons. The van der Waals surface area contributed by atoms with E-state index in [2.05, 4.69) is 10.6 Å². The second-order valence-corrected chi connectivity index (χ2v) is 3.88. The third kappa shape index (κ3) is 3.51. The summed E-state index contributed by atoms with van der Waals surface area (Å²) in [6.45, 7) is 3.62. The standard InChI is InChI=1S/C10H18N2O3/c1-2-7(10(14)15)6-12-9(13)8-3-4-11-5-8/h7-8,11H,2-6H2,1H3,(H,12,13)(H,14,15). The van der Waals surface area contributed by atoms with Crippen molar-refractivity contribution in [1.29, 1.82) is 0 Å². The van der Waals surface area contributed by atoms with Gasteiger partial charge in [0, 0.05) is 13.1 Å². The topological polar surface area (TPSA) is 78.4 Å². The molecule has 1 aliphatic heterocycles. The minimum atomic E-state index is -0.845. The van der Waals surface area contributed by atoms with Crippen molar-refractivity contribution in [2.24, 2.45) is 11.8 Å². The normalized spacial score (nSPS) is 22.3. The number of carboxylic acid groups (broad SMARTS) is 1. The fourth-order valence-electron chi connectivity index (χ4n) is 1.65. The predicted molar refractivity (Wildman–Crippen MR) is 55.4 cm³/mol. The van der Waals surface area contributed by atoms with Crippen LogP contribution in [0.25, 0.3) is 0 Å². The van der Waals surface area contributed by atoms with Gasteiger partial charge in [-0.3, -0.25) is 9.59 Å². The van der Waals surface area contributed by atoms with Gasteiger partial charge in [-0.1, -0.05) is 6.92 Å². The van der Waals surface area contributed by atoms with Crippen molar-refractivity contribution in [2.75, 3.05) is 19.6 Å². The molecule has 0 aromatic carbocycles. The van der Waals surface area contributed by atoms with Crippen LogP contribution in [0.1, 0.15) is 19.8 Å². The Kier molecular flexibility index (Phi) is 4.55. The van der Waals surface area contributed by atoms with Crippen molar-refractivity contribution in [3.05, 3.63) is 0 Å². The van der Waals surface area contributed by atoms with Crippen LogP contribution in [0.4, 0.5) is 0 Å². The monoisotopic (exact) mass is 214 g/mol. The Labute approximate surface area is 89.2 Å². The lowest BCUT2D eigenvalue weighted by Crippen LogP contribution is -2.37. The highest BCUT2D eigenvalue weighted by Crippen LogP contribution is 2.08. The van der Waals surface area contributed by atoms with Crippen LogP contribution in [-0.2, 0) is 9.59 Å². The molecule has 5 heteroatoms. The average molecular weight is 214 g/mol. The quantitative estimate of drug-likeness (QED) is 0.593. The number of amides is 1. The molecule has 0 bridgehead atoms. The molecule has 1 amide bonds. The smallest absolute Gasteiger partial charge is 0.308 e. The first-order chi connectivity index (χ1) is 7.15. The molecular weight excluding hydrogens is 196 g/mol. The molecule has 0 spiro atoms. The van der Waals surface area contributed by atoms with Crippen LogP contribution >= 0.6 is 0 Å². The van der Waals surface area contributed by atoms with E-state index in [0.29, 0.717) is 13.0 Å². The number of hydrogen-bond acceptors (Lipinski definition) is 3. The molecule has 0 aliphatic carbocycles. The maximum absolute atomic E-state index is 11.5. The highest BCUT2D eigenvalue weighted by atomic mass is 16.4. The molecule has 2 atom stereocenters. The minimum Gasteiger partial charge on any atom is -0.481 e. The zero-order chi connectivity index (χ0) is 11.3. The maximum atomic E-state index is 11.5. The van der Waals surface area contributed by atoms with Gasteiger partial charge >= 0.3 is 5.97 Å². The second-order valence-electron chi connectivity index (χ2n) is 3.88. The zero-order valence-electron chi connectivity index (χ0n) is 8.95. The third-order valence-corrected chi connectivity index (χ3v) is 2.80. The van der Waals surface area contributed by atoms with Gasteiger partial charge in [-0.05, 0) is 19.4 Å². The van der Waals surface area contributed by atoms with Gasteiger partial charge < -0.3 is 15.7 Å². The van der Waals surface area contributed by atoms with Gasteiger partial charge in [0.1, 0.15) is 0 Å². The van der Waals surface area contributed by atoms with E-state index >= 15 is 0 Å². The van der Waals surface area contributed by atoms with Gasteiger partial charge in [0.05, 0.1) is 11.8 Å². The first kappa shape index (κ1) is 12.0. The van der Waals surface area contributed by atoms with Crippen molar-refractivity contribution < 1.29 is 14.7 Å². The highest BCUT2D eigenvalue weighted by Gasteiger charge is 2.23. The molecule has 1 saturated heterocycles. The van der Waals surface area contributed by atoms with E-state index < -0.39 is 11.9 Å². The van der Waals surface area contributed by atoms with Crippen molar-refractivity contribution in [3.8, 4) is 0 Å². The summed E-state index contributed by atoms with van der Waals surface area (Å²) in [5.74, 6) is -1.33. The number of carbonyl (C=O) groups is 2. The third-order valence-electron chi connectivity index (χ3n) is 2.80. The fourth-order valence-corrected chi connectivity index (χ4v) is 1.65. The Hall–Kier alpha value is -1.10. The maximum Gasteiger partial charge on any atom is 0.308 e. The van der Waals surface area contributed by atoms with Crippen LogP contribution in [0.5, 0.6) is 0 Å². The number of nitrogens with one attached hydrogen (secondary N) is 2. The number of carboxylic acids is 1. The molecular formula is C10H18N2O3. The van der Waals surface area contributed by atoms with E-state index in [1.54, 1.807) is 0 Å². The van der Waals surface area contributed by atoms with Crippen molar-refractivity contribution in [1.82, 2.24) is 10.6 Å². The summed E-state index contributed by atoms with van der Waals surface area (Å²) in [5.41, 5.74) is 0. The molecule has 1 aliphatic rings. The summed E-state index contributed by atoms with van der Waals surface area (Å²) in [6.07, 6.45) is 1.38. The van der Waals surface area contributed by atoms with Crippen LogP contribution in [-0.4, -0.2) is 36.6 Å². The minimum absolute atomic E-state index is 0.0105. The van der Waals surface area contributed by atoms with Gasteiger partial charge in [-0.2, -0.15) is 0 Å². The summed E-state index contributed by atoms with van der Waals surface area (Å²) >= 11 is 0. The van der Waals surface area contributed by atoms with E-state index in [4.69, 9.17) is 5.11 Å². The number of hydrogen-bond donors (Lipinski definition) is 3. The Morgan fingerprint density at radius 3 is 2.80 bits per heavy atom. The van der Waals surface area contributed by atoms with E-state index in [9.17, 15) is 9.59 Å². The lowest BCUT2D eigenvalue weighted by molar-refractivity contribution is -0.141. The predicted octanol–water partition coefficient (Wildman–Crippen LogP) is -0.177. The second kappa shape index (κ2) is 5.70. The SMILES string of the molecule is CCC(CNC(=O)C1CCNC1)C(=O)O. The molecule has 15 heavy (non-hydrogen) atoms. The van der Waals surface area contributed by atoms with Gasteiger partial charge in [0.2, 0.25) is 5.91 Å². The fraction of sp³-hybridized carbons (Fsp3) is 0.800. The molecule has 1 heterocycles. The number of carbonyl (C=O) groups excluding carboxylic acids is 1. The van der Waals surface area contributed by atoms with E-state index in [-0.39, 0.29) is 18.4 Å². The summed E-state index contributed by atoms with van der Waals surface area (Å²) in [5, 5.41) is 14.6. The van der Waals surface area contributed by atoms with Crippen LogP contribution in [0.2, 0.25) is 0 Å². The van der Waals surface area contributed by atoms with Crippen LogP contribution in [0.15, 0.2) is 0 Å². The molecule has 3 N–H and O–H groups in total. The lowest BCUT2D eigenvalue weighted by Gasteiger charge is -2.13. The summed E-state index contributed by atoms with van der Waals surface area (Å²) in [4.78, 5) is 22.2. The van der Waals surface area contributed by atoms with E-state index in [1.807, 2.05) is 6.92 Å². The van der Waals surface area contributed by atoms with Crippen LogP contribution in [0.3, 0.4) is 0 Å². The summed E-state index contributed by atoms with van der Waals surface area (Å²) in [7, 11) is 0. The van der Waals surface area contributed by atoms with Gasteiger partial charge in [-0.15, -0.1) is 0 Å². The summed E-state index contributed by atoms with van der Waals surface area (Å²) < 4.78 is 0. The molecule has 1 rings (SSSR count). The molecule has 0 aromatic rings. The Balaban J connectivity index is 2.28. The average Bonchev–Trinajstić information content (AvgIpc) is 2.70. The first-order valence-corrected chi connectivity index (χ1v) is 5.36. The number of aliphatic carboxylic acids is 1. The van der Waals surface area contributed by atoms with E-state index in [1.165, 1.54) is 0 Å². The first-order valence-electron chi connectivity index (χ1n) is 5.36.